The Balaban J connectivity index is 2.06. The van der Waals surface area contributed by atoms with Crippen LogP contribution in [0, 0.1) is 18.8 Å². The monoisotopic (exact) mass is 262 g/mol. The van der Waals surface area contributed by atoms with E-state index in [-0.39, 0.29) is 0 Å². The largest absolute Gasteiger partial charge is 0.496 e. The summed E-state index contributed by atoms with van der Waals surface area (Å²) in [6, 6.07) is 6.40. The molecule has 1 aromatic rings. The van der Waals surface area contributed by atoms with Gasteiger partial charge >= 0.3 is 0 Å². The number of likely N-dealkylation sites (tertiary alicyclic amines) is 1. The predicted octanol–water partition coefficient (Wildman–Crippen LogP) is 2.42. The van der Waals surface area contributed by atoms with Crippen LogP contribution in [0.5, 0.6) is 5.75 Å². The molecule has 0 radical (unpaired) electrons. The molecule has 0 aromatic heterocycles. The summed E-state index contributed by atoms with van der Waals surface area (Å²) in [5, 5.41) is 0. The fourth-order valence-corrected chi connectivity index (χ4v) is 2.95. The van der Waals surface area contributed by atoms with Gasteiger partial charge in [-0.05, 0) is 44.3 Å². The Morgan fingerprint density at radius 3 is 2.89 bits per heavy atom. The van der Waals surface area contributed by atoms with Crippen molar-refractivity contribution in [2.24, 2.45) is 17.6 Å². The van der Waals surface area contributed by atoms with E-state index in [0.717, 1.165) is 37.8 Å². The molecule has 1 fully saturated rings. The molecule has 1 heterocycles. The second-order valence-corrected chi connectivity index (χ2v) is 5.81. The van der Waals surface area contributed by atoms with Gasteiger partial charge in [0.15, 0.2) is 0 Å². The third-order valence-electron chi connectivity index (χ3n) is 4.33. The number of hydrogen-bond acceptors (Lipinski definition) is 3. The van der Waals surface area contributed by atoms with Crippen molar-refractivity contribution in [2.75, 3.05) is 26.7 Å². The van der Waals surface area contributed by atoms with Crippen LogP contribution in [0.25, 0.3) is 0 Å². The number of methoxy groups -OCH3 is 1. The van der Waals surface area contributed by atoms with Gasteiger partial charge in [-0.3, -0.25) is 4.90 Å². The molecule has 1 aromatic carbocycles. The van der Waals surface area contributed by atoms with Gasteiger partial charge in [0, 0.05) is 18.7 Å². The van der Waals surface area contributed by atoms with Crippen molar-refractivity contribution in [3.05, 3.63) is 29.3 Å². The number of piperidine rings is 1. The van der Waals surface area contributed by atoms with Crippen molar-refractivity contribution >= 4 is 0 Å². The van der Waals surface area contributed by atoms with Gasteiger partial charge in [-0.2, -0.15) is 0 Å². The number of nitrogens with two attached hydrogens (primary N) is 1. The number of rotatable bonds is 4. The molecule has 3 heteroatoms. The molecule has 2 N–H and O–H groups in total. The summed E-state index contributed by atoms with van der Waals surface area (Å²) in [7, 11) is 1.75. The number of ether oxygens (including phenoxy) is 1. The highest BCUT2D eigenvalue weighted by Crippen LogP contribution is 2.26. The van der Waals surface area contributed by atoms with Gasteiger partial charge in [0.05, 0.1) is 7.11 Å². The molecule has 0 saturated carbocycles. The summed E-state index contributed by atoms with van der Waals surface area (Å²) in [5.74, 6) is 2.37. The third-order valence-corrected chi connectivity index (χ3v) is 4.33. The van der Waals surface area contributed by atoms with Crippen molar-refractivity contribution < 1.29 is 4.74 Å². The molecule has 106 valence electrons. The summed E-state index contributed by atoms with van der Waals surface area (Å²) in [4.78, 5) is 2.51. The Morgan fingerprint density at radius 1 is 1.42 bits per heavy atom. The highest BCUT2D eigenvalue weighted by Gasteiger charge is 2.25. The van der Waals surface area contributed by atoms with Crippen molar-refractivity contribution in [1.29, 1.82) is 0 Å². The van der Waals surface area contributed by atoms with Gasteiger partial charge in [-0.15, -0.1) is 0 Å². The van der Waals surface area contributed by atoms with Crippen LogP contribution in [0.4, 0.5) is 0 Å². The Bertz CT molecular complexity index is 419. The lowest BCUT2D eigenvalue weighted by atomic mass is 9.87. The van der Waals surface area contributed by atoms with Gasteiger partial charge in [0.1, 0.15) is 5.75 Å². The van der Waals surface area contributed by atoms with Crippen molar-refractivity contribution in [3.8, 4) is 5.75 Å². The normalized spacial score (nSPS) is 24.4. The van der Waals surface area contributed by atoms with Crippen LogP contribution in [0.1, 0.15) is 24.5 Å². The molecule has 0 aliphatic carbocycles. The van der Waals surface area contributed by atoms with Crippen LogP contribution in [0.3, 0.4) is 0 Å². The van der Waals surface area contributed by atoms with E-state index in [4.69, 9.17) is 10.5 Å². The van der Waals surface area contributed by atoms with Crippen molar-refractivity contribution in [3.63, 3.8) is 0 Å². The maximum absolute atomic E-state index is 5.88. The van der Waals surface area contributed by atoms with Crippen LogP contribution < -0.4 is 10.5 Å². The molecule has 1 saturated heterocycles. The minimum absolute atomic E-state index is 0.629. The molecule has 2 rings (SSSR count). The molecule has 0 amide bonds. The van der Waals surface area contributed by atoms with E-state index in [1.54, 1.807) is 7.11 Å². The zero-order valence-corrected chi connectivity index (χ0v) is 12.4. The smallest absolute Gasteiger partial charge is 0.123 e. The van der Waals surface area contributed by atoms with E-state index in [9.17, 15) is 0 Å². The van der Waals surface area contributed by atoms with Gasteiger partial charge in [0.25, 0.3) is 0 Å². The molecule has 2 atom stereocenters. The maximum atomic E-state index is 5.88. The van der Waals surface area contributed by atoms with E-state index in [1.165, 1.54) is 17.5 Å². The van der Waals surface area contributed by atoms with E-state index >= 15 is 0 Å². The lowest BCUT2D eigenvalue weighted by Gasteiger charge is -2.36. The average Bonchev–Trinajstić information content (AvgIpc) is 2.41. The molecule has 19 heavy (non-hydrogen) atoms. The first-order valence-corrected chi connectivity index (χ1v) is 7.20. The van der Waals surface area contributed by atoms with E-state index in [0.29, 0.717) is 5.92 Å². The lowest BCUT2D eigenvalue weighted by Crippen LogP contribution is -2.42. The number of benzene rings is 1. The molecular formula is C16H26N2O. The molecule has 1 aliphatic rings. The second-order valence-electron chi connectivity index (χ2n) is 5.81. The Kier molecular flexibility index (Phi) is 4.83. The molecule has 0 spiro atoms. The highest BCUT2D eigenvalue weighted by atomic mass is 16.5. The first-order chi connectivity index (χ1) is 9.13. The van der Waals surface area contributed by atoms with Gasteiger partial charge in [0.2, 0.25) is 0 Å². The minimum atomic E-state index is 0.629. The molecule has 1 aliphatic heterocycles. The van der Waals surface area contributed by atoms with Gasteiger partial charge < -0.3 is 10.5 Å². The lowest BCUT2D eigenvalue weighted by molar-refractivity contribution is 0.125. The Hall–Kier alpha value is -1.06. The third kappa shape index (κ3) is 3.48. The standard InChI is InChI=1S/C16H26N2O/c1-12-4-5-16(19-3)14(8-12)10-18-7-6-13(2)15(9-17)11-18/h4-5,8,13,15H,6-7,9-11,17H2,1-3H3. The topological polar surface area (TPSA) is 38.5 Å². The average molecular weight is 262 g/mol. The Labute approximate surface area is 116 Å². The maximum Gasteiger partial charge on any atom is 0.123 e. The van der Waals surface area contributed by atoms with Crippen LogP contribution in [0.15, 0.2) is 18.2 Å². The SMILES string of the molecule is COc1ccc(C)cc1CN1CCC(C)C(CN)C1. The van der Waals surface area contributed by atoms with Gasteiger partial charge in [-0.1, -0.05) is 24.6 Å². The number of hydrogen-bond donors (Lipinski definition) is 1. The summed E-state index contributed by atoms with van der Waals surface area (Å²) < 4.78 is 5.46. The summed E-state index contributed by atoms with van der Waals surface area (Å²) in [6.07, 6.45) is 1.25. The van der Waals surface area contributed by atoms with Crippen LogP contribution in [0.2, 0.25) is 0 Å². The summed E-state index contributed by atoms with van der Waals surface area (Å²) >= 11 is 0. The fraction of sp³-hybridized carbons (Fsp3) is 0.625. The predicted molar refractivity (Wildman–Crippen MR) is 79.3 cm³/mol. The number of aryl methyl sites for hydroxylation is 1. The fourth-order valence-electron chi connectivity index (χ4n) is 2.95. The zero-order valence-electron chi connectivity index (χ0n) is 12.4. The minimum Gasteiger partial charge on any atom is -0.496 e. The second kappa shape index (κ2) is 6.40. The Morgan fingerprint density at radius 2 is 2.21 bits per heavy atom. The first-order valence-electron chi connectivity index (χ1n) is 7.20. The zero-order chi connectivity index (χ0) is 13.8. The first kappa shape index (κ1) is 14.4. The summed E-state index contributed by atoms with van der Waals surface area (Å²) in [5.41, 5.74) is 8.45. The number of nitrogens with zero attached hydrogens (tertiary/aromatic N) is 1. The summed E-state index contributed by atoms with van der Waals surface area (Å²) in [6.45, 7) is 8.48. The molecule has 2 unspecified atom stereocenters. The molecular weight excluding hydrogens is 236 g/mol. The van der Waals surface area contributed by atoms with E-state index in [1.807, 2.05) is 0 Å². The van der Waals surface area contributed by atoms with E-state index < -0.39 is 0 Å². The molecule has 0 bridgehead atoms. The van der Waals surface area contributed by atoms with Crippen molar-refractivity contribution in [1.82, 2.24) is 4.90 Å². The van der Waals surface area contributed by atoms with E-state index in [2.05, 4.69) is 36.9 Å². The van der Waals surface area contributed by atoms with Crippen molar-refractivity contribution in [2.45, 2.75) is 26.8 Å². The quantitative estimate of drug-likeness (QED) is 0.905. The van der Waals surface area contributed by atoms with Crippen LogP contribution in [-0.2, 0) is 6.54 Å². The van der Waals surface area contributed by atoms with Crippen LogP contribution in [-0.4, -0.2) is 31.6 Å². The van der Waals surface area contributed by atoms with Crippen LogP contribution >= 0.6 is 0 Å². The molecule has 3 nitrogen and oxygen atoms in total. The highest BCUT2D eigenvalue weighted by molar-refractivity contribution is 5.36. The van der Waals surface area contributed by atoms with Gasteiger partial charge in [-0.25, -0.2) is 0 Å².